The van der Waals surface area contributed by atoms with Crippen LogP contribution >= 0.6 is 0 Å². The van der Waals surface area contributed by atoms with Gasteiger partial charge in [-0.05, 0) is 61.3 Å². The number of nitrogens with one attached hydrogen (secondary N) is 1. The van der Waals surface area contributed by atoms with Crippen LogP contribution in [0.4, 0.5) is 10.1 Å². The van der Waals surface area contributed by atoms with Crippen LogP contribution < -0.4 is 19.5 Å². The Bertz CT molecular complexity index is 1050. The number of benzene rings is 2. The summed E-state index contributed by atoms with van der Waals surface area (Å²) in [6.07, 6.45) is 3.74. The number of hydrogen-bond acceptors (Lipinski definition) is 7. The minimum atomic E-state index is -0.675. The number of methoxy groups -OCH3 is 1. The molecule has 2 aromatic carbocycles. The number of ether oxygens (including phenoxy) is 3. The number of halogens is 1. The molecule has 0 unspecified atom stereocenters. The zero-order valence-electron chi connectivity index (χ0n) is 16.6. The summed E-state index contributed by atoms with van der Waals surface area (Å²) in [7, 11) is 1.57. The second-order valence-corrected chi connectivity index (χ2v) is 7.14. The number of piperidine rings is 1. The normalized spacial score (nSPS) is 14.5. The van der Waals surface area contributed by atoms with Crippen LogP contribution in [-0.4, -0.2) is 31.8 Å². The SMILES string of the molecule is COc1cc2c(Oc3ccc(N=O)cc3F)ccnc2cc1OCC1CCNCC1. The number of pyridine rings is 1. The number of hydrogen-bond donors (Lipinski definition) is 1. The fraction of sp³-hybridized carbons (Fsp3) is 0.318. The van der Waals surface area contributed by atoms with Crippen molar-refractivity contribution in [2.24, 2.45) is 11.1 Å². The molecule has 0 radical (unpaired) electrons. The summed E-state index contributed by atoms with van der Waals surface area (Å²) in [6.45, 7) is 2.62. The van der Waals surface area contributed by atoms with Gasteiger partial charge in [-0.15, -0.1) is 4.91 Å². The Balaban J connectivity index is 1.61. The molecule has 156 valence electrons. The summed E-state index contributed by atoms with van der Waals surface area (Å²) in [4.78, 5) is 15.0. The Morgan fingerprint density at radius 1 is 1.10 bits per heavy atom. The molecule has 1 fully saturated rings. The molecule has 1 aliphatic heterocycles. The van der Waals surface area contributed by atoms with Gasteiger partial charge in [0.05, 0.1) is 19.2 Å². The summed E-state index contributed by atoms with van der Waals surface area (Å²) in [5.74, 6) is 1.39. The molecule has 0 spiro atoms. The molecule has 1 saturated heterocycles. The van der Waals surface area contributed by atoms with Crippen LogP contribution in [0.5, 0.6) is 23.0 Å². The van der Waals surface area contributed by atoms with E-state index in [1.54, 1.807) is 31.5 Å². The first-order chi connectivity index (χ1) is 14.7. The van der Waals surface area contributed by atoms with Gasteiger partial charge in [-0.25, -0.2) is 4.39 Å². The number of nitrogens with zero attached hydrogens (tertiary/aromatic N) is 2. The summed E-state index contributed by atoms with van der Waals surface area (Å²) < 4.78 is 31.5. The first-order valence-electron chi connectivity index (χ1n) is 9.79. The van der Waals surface area contributed by atoms with Gasteiger partial charge in [-0.1, -0.05) is 0 Å². The van der Waals surface area contributed by atoms with Crippen molar-refractivity contribution in [3.05, 3.63) is 53.3 Å². The average molecular weight is 411 g/mol. The molecule has 1 aromatic heterocycles. The summed E-state index contributed by atoms with van der Waals surface area (Å²) in [5, 5.41) is 6.72. The highest BCUT2D eigenvalue weighted by Crippen LogP contribution is 2.38. The van der Waals surface area contributed by atoms with E-state index in [0.717, 1.165) is 32.0 Å². The van der Waals surface area contributed by atoms with E-state index in [1.165, 1.54) is 12.1 Å². The van der Waals surface area contributed by atoms with E-state index >= 15 is 0 Å². The van der Waals surface area contributed by atoms with Crippen molar-refractivity contribution in [1.82, 2.24) is 10.3 Å². The zero-order valence-corrected chi connectivity index (χ0v) is 16.6. The van der Waals surface area contributed by atoms with Gasteiger partial charge >= 0.3 is 0 Å². The van der Waals surface area contributed by atoms with Gasteiger partial charge in [-0.3, -0.25) is 4.98 Å². The van der Waals surface area contributed by atoms with Gasteiger partial charge in [0.1, 0.15) is 11.4 Å². The highest BCUT2D eigenvalue weighted by molar-refractivity contribution is 5.88. The second kappa shape index (κ2) is 9.04. The van der Waals surface area contributed by atoms with Crippen LogP contribution in [0.15, 0.2) is 47.8 Å². The third-order valence-electron chi connectivity index (χ3n) is 5.16. The molecule has 0 bridgehead atoms. The smallest absolute Gasteiger partial charge is 0.167 e. The fourth-order valence-corrected chi connectivity index (χ4v) is 3.49. The Morgan fingerprint density at radius 2 is 1.93 bits per heavy atom. The molecule has 0 aliphatic carbocycles. The van der Waals surface area contributed by atoms with Gasteiger partial charge in [0.15, 0.2) is 23.1 Å². The average Bonchev–Trinajstić information content (AvgIpc) is 2.79. The lowest BCUT2D eigenvalue weighted by molar-refractivity contribution is 0.208. The van der Waals surface area contributed by atoms with E-state index in [0.29, 0.717) is 40.7 Å². The molecule has 30 heavy (non-hydrogen) atoms. The number of rotatable bonds is 7. The molecule has 0 saturated carbocycles. The first-order valence-corrected chi connectivity index (χ1v) is 9.79. The maximum atomic E-state index is 14.2. The second-order valence-electron chi connectivity index (χ2n) is 7.14. The van der Waals surface area contributed by atoms with Crippen molar-refractivity contribution in [2.45, 2.75) is 12.8 Å². The standard InChI is InChI=1S/C22H22FN3O4/c1-28-21-11-16-18(12-22(21)29-13-14-4-7-24-8-5-14)25-9-6-19(16)30-20-3-2-15(26-27)10-17(20)23/h2-3,6,9-12,14,24H,4-5,7-8,13H2,1H3. The Morgan fingerprint density at radius 3 is 2.67 bits per heavy atom. The van der Waals surface area contributed by atoms with Crippen LogP contribution in [0, 0.1) is 16.6 Å². The van der Waals surface area contributed by atoms with Crippen LogP contribution in [0.2, 0.25) is 0 Å². The lowest BCUT2D eigenvalue weighted by Gasteiger charge is -2.23. The summed E-state index contributed by atoms with van der Waals surface area (Å²) >= 11 is 0. The van der Waals surface area contributed by atoms with E-state index in [-0.39, 0.29) is 11.4 Å². The lowest BCUT2D eigenvalue weighted by Crippen LogP contribution is -2.30. The fourth-order valence-electron chi connectivity index (χ4n) is 3.49. The number of fused-ring (bicyclic) bond motifs is 1. The van der Waals surface area contributed by atoms with E-state index in [2.05, 4.69) is 15.5 Å². The number of aromatic nitrogens is 1. The third kappa shape index (κ3) is 4.33. The van der Waals surface area contributed by atoms with E-state index in [9.17, 15) is 9.30 Å². The van der Waals surface area contributed by atoms with E-state index < -0.39 is 5.82 Å². The van der Waals surface area contributed by atoms with Crippen LogP contribution in [0.1, 0.15) is 12.8 Å². The minimum absolute atomic E-state index is 0.00311. The van der Waals surface area contributed by atoms with Crippen molar-refractivity contribution < 1.29 is 18.6 Å². The quantitative estimate of drug-likeness (QED) is 0.554. The first kappa shape index (κ1) is 20.0. The van der Waals surface area contributed by atoms with E-state index in [1.807, 2.05) is 0 Å². The van der Waals surface area contributed by atoms with Crippen LogP contribution in [-0.2, 0) is 0 Å². The van der Waals surface area contributed by atoms with Crippen molar-refractivity contribution >= 4 is 16.6 Å². The van der Waals surface area contributed by atoms with Crippen molar-refractivity contribution in [3.63, 3.8) is 0 Å². The van der Waals surface area contributed by atoms with Gasteiger partial charge in [0.2, 0.25) is 0 Å². The van der Waals surface area contributed by atoms with Crippen LogP contribution in [0.3, 0.4) is 0 Å². The maximum Gasteiger partial charge on any atom is 0.167 e. The highest BCUT2D eigenvalue weighted by Gasteiger charge is 2.17. The molecular formula is C22H22FN3O4. The minimum Gasteiger partial charge on any atom is -0.493 e. The predicted molar refractivity (Wildman–Crippen MR) is 111 cm³/mol. The van der Waals surface area contributed by atoms with Crippen molar-refractivity contribution in [3.8, 4) is 23.0 Å². The van der Waals surface area contributed by atoms with E-state index in [4.69, 9.17) is 14.2 Å². The molecular weight excluding hydrogens is 389 g/mol. The van der Waals surface area contributed by atoms with Gasteiger partial charge in [-0.2, -0.15) is 0 Å². The highest BCUT2D eigenvalue weighted by atomic mass is 19.1. The largest absolute Gasteiger partial charge is 0.493 e. The Labute approximate surface area is 173 Å². The Kier molecular flexibility index (Phi) is 6.04. The molecule has 0 atom stereocenters. The molecule has 2 heterocycles. The number of nitroso groups, excluding NO2 is 1. The topological polar surface area (TPSA) is 82.0 Å². The van der Waals surface area contributed by atoms with Crippen molar-refractivity contribution in [1.29, 1.82) is 0 Å². The van der Waals surface area contributed by atoms with Gasteiger partial charge in [0, 0.05) is 23.7 Å². The zero-order chi connectivity index (χ0) is 20.9. The van der Waals surface area contributed by atoms with Gasteiger partial charge in [0.25, 0.3) is 0 Å². The van der Waals surface area contributed by atoms with Crippen LogP contribution in [0.25, 0.3) is 10.9 Å². The molecule has 1 aliphatic rings. The maximum absolute atomic E-state index is 14.2. The molecule has 0 amide bonds. The lowest BCUT2D eigenvalue weighted by atomic mass is 9.99. The summed E-state index contributed by atoms with van der Waals surface area (Å²) in [6, 6.07) is 9.00. The monoisotopic (exact) mass is 411 g/mol. The van der Waals surface area contributed by atoms with Gasteiger partial charge < -0.3 is 19.5 Å². The third-order valence-corrected chi connectivity index (χ3v) is 5.16. The molecule has 3 aromatic rings. The molecule has 8 heteroatoms. The molecule has 4 rings (SSSR count). The van der Waals surface area contributed by atoms with Crippen molar-refractivity contribution in [2.75, 3.05) is 26.8 Å². The summed E-state index contributed by atoms with van der Waals surface area (Å²) in [5.41, 5.74) is 0.636. The predicted octanol–water partition coefficient (Wildman–Crippen LogP) is 4.95. The molecule has 7 nitrogen and oxygen atoms in total. The Hall–Kier alpha value is -3.26. The molecule has 1 N–H and O–H groups in total.